The normalized spacial score (nSPS) is 12.0. The molecular formula is C13H19NO. The quantitative estimate of drug-likeness (QED) is 0.547. The van der Waals surface area contributed by atoms with Gasteiger partial charge in [-0.05, 0) is 38.3 Å². The standard InChI is InChI=1S/C13H19NO/c1-5-11-7-6-8-12(9-11)10-14-15-13(2,3)4/h6-10H,5H2,1-4H3. The van der Waals surface area contributed by atoms with Crippen LogP contribution in [0.3, 0.4) is 0 Å². The predicted molar refractivity (Wildman–Crippen MR) is 64.3 cm³/mol. The fraction of sp³-hybridized carbons (Fsp3) is 0.462. The van der Waals surface area contributed by atoms with Crippen molar-refractivity contribution in [2.75, 3.05) is 0 Å². The van der Waals surface area contributed by atoms with Crippen LogP contribution in [0.5, 0.6) is 0 Å². The van der Waals surface area contributed by atoms with Crippen LogP contribution in [0.15, 0.2) is 29.4 Å². The molecule has 0 aromatic heterocycles. The summed E-state index contributed by atoms with van der Waals surface area (Å²) in [6, 6.07) is 8.30. The first kappa shape index (κ1) is 11.8. The largest absolute Gasteiger partial charge is 0.390 e. The second kappa shape index (κ2) is 4.96. The minimum atomic E-state index is -0.223. The lowest BCUT2D eigenvalue weighted by atomic mass is 10.1. The Morgan fingerprint density at radius 2 is 2.07 bits per heavy atom. The molecule has 0 unspecified atom stereocenters. The second-order valence-electron chi connectivity index (χ2n) is 4.54. The molecule has 0 fully saturated rings. The molecule has 0 aliphatic carbocycles. The van der Waals surface area contributed by atoms with Gasteiger partial charge < -0.3 is 4.84 Å². The maximum atomic E-state index is 5.28. The van der Waals surface area contributed by atoms with E-state index in [0.29, 0.717) is 0 Å². The summed E-state index contributed by atoms with van der Waals surface area (Å²) in [4.78, 5) is 5.28. The van der Waals surface area contributed by atoms with Gasteiger partial charge in [-0.3, -0.25) is 0 Å². The number of rotatable bonds is 3. The highest BCUT2D eigenvalue weighted by Crippen LogP contribution is 2.08. The predicted octanol–water partition coefficient (Wildman–Crippen LogP) is 3.40. The number of oxime groups is 1. The minimum absolute atomic E-state index is 0.223. The van der Waals surface area contributed by atoms with Gasteiger partial charge in [-0.15, -0.1) is 0 Å². The molecule has 15 heavy (non-hydrogen) atoms. The zero-order valence-electron chi connectivity index (χ0n) is 9.95. The second-order valence-corrected chi connectivity index (χ2v) is 4.54. The van der Waals surface area contributed by atoms with Crippen LogP contribution in [0.2, 0.25) is 0 Å². The third kappa shape index (κ3) is 4.63. The third-order valence-corrected chi connectivity index (χ3v) is 1.89. The van der Waals surface area contributed by atoms with Crippen molar-refractivity contribution in [1.82, 2.24) is 0 Å². The average Bonchev–Trinajstić information content (AvgIpc) is 2.16. The lowest BCUT2D eigenvalue weighted by Gasteiger charge is -2.14. The minimum Gasteiger partial charge on any atom is -0.390 e. The fourth-order valence-corrected chi connectivity index (χ4v) is 1.14. The van der Waals surface area contributed by atoms with Gasteiger partial charge >= 0.3 is 0 Å². The highest BCUT2D eigenvalue weighted by Gasteiger charge is 2.09. The summed E-state index contributed by atoms with van der Waals surface area (Å²) in [6.45, 7) is 8.08. The Labute approximate surface area is 91.9 Å². The molecule has 0 bridgehead atoms. The summed E-state index contributed by atoms with van der Waals surface area (Å²) < 4.78 is 0. The topological polar surface area (TPSA) is 21.6 Å². The van der Waals surface area contributed by atoms with Crippen molar-refractivity contribution in [2.45, 2.75) is 39.7 Å². The molecule has 0 amide bonds. The maximum Gasteiger partial charge on any atom is 0.129 e. The number of nitrogens with zero attached hydrogens (tertiary/aromatic N) is 1. The molecule has 0 heterocycles. The first-order valence-electron chi connectivity index (χ1n) is 5.32. The summed E-state index contributed by atoms with van der Waals surface area (Å²) in [5, 5.41) is 3.96. The Balaban J connectivity index is 2.64. The molecule has 2 nitrogen and oxygen atoms in total. The highest BCUT2D eigenvalue weighted by atomic mass is 16.6. The van der Waals surface area contributed by atoms with Crippen LogP contribution in [0.25, 0.3) is 0 Å². The van der Waals surface area contributed by atoms with Gasteiger partial charge in [-0.25, -0.2) is 0 Å². The van der Waals surface area contributed by atoms with E-state index in [4.69, 9.17) is 4.84 Å². The first-order chi connectivity index (χ1) is 7.01. The van der Waals surface area contributed by atoms with Gasteiger partial charge in [-0.2, -0.15) is 0 Å². The molecule has 0 radical (unpaired) electrons. The molecule has 1 aromatic carbocycles. The van der Waals surface area contributed by atoms with Crippen LogP contribution in [-0.4, -0.2) is 11.8 Å². The first-order valence-corrected chi connectivity index (χ1v) is 5.32. The van der Waals surface area contributed by atoms with Crippen LogP contribution in [0.1, 0.15) is 38.8 Å². The van der Waals surface area contributed by atoms with Crippen molar-refractivity contribution in [3.05, 3.63) is 35.4 Å². The highest BCUT2D eigenvalue weighted by molar-refractivity contribution is 5.79. The van der Waals surface area contributed by atoms with Crippen LogP contribution in [-0.2, 0) is 11.3 Å². The molecule has 0 saturated carbocycles. The van der Waals surface area contributed by atoms with Crippen LogP contribution < -0.4 is 0 Å². The smallest absolute Gasteiger partial charge is 0.129 e. The van der Waals surface area contributed by atoms with Gasteiger partial charge in [0.1, 0.15) is 5.60 Å². The molecular weight excluding hydrogens is 186 g/mol. The Kier molecular flexibility index (Phi) is 3.89. The van der Waals surface area contributed by atoms with Crippen molar-refractivity contribution in [2.24, 2.45) is 5.16 Å². The lowest BCUT2D eigenvalue weighted by molar-refractivity contribution is 0.00199. The molecule has 1 rings (SSSR count). The van der Waals surface area contributed by atoms with E-state index in [9.17, 15) is 0 Å². The van der Waals surface area contributed by atoms with Gasteiger partial charge in [0.25, 0.3) is 0 Å². The zero-order valence-corrected chi connectivity index (χ0v) is 9.95. The maximum absolute atomic E-state index is 5.28. The Bertz CT molecular complexity index is 337. The molecule has 0 N–H and O–H groups in total. The number of benzene rings is 1. The van der Waals surface area contributed by atoms with Crippen molar-refractivity contribution in [3.8, 4) is 0 Å². The Morgan fingerprint density at radius 3 is 2.67 bits per heavy atom. The summed E-state index contributed by atoms with van der Waals surface area (Å²) in [5.41, 5.74) is 2.17. The van der Waals surface area contributed by atoms with E-state index in [1.54, 1.807) is 6.21 Å². The van der Waals surface area contributed by atoms with E-state index < -0.39 is 0 Å². The average molecular weight is 205 g/mol. The van der Waals surface area contributed by atoms with E-state index >= 15 is 0 Å². The van der Waals surface area contributed by atoms with Crippen LogP contribution in [0.4, 0.5) is 0 Å². The summed E-state index contributed by atoms with van der Waals surface area (Å²) in [6.07, 6.45) is 2.80. The van der Waals surface area contributed by atoms with Gasteiger partial charge in [0.15, 0.2) is 0 Å². The summed E-state index contributed by atoms with van der Waals surface area (Å²) in [7, 11) is 0. The van der Waals surface area contributed by atoms with Crippen molar-refractivity contribution < 1.29 is 4.84 Å². The molecule has 0 aliphatic rings. The molecule has 2 heteroatoms. The van der Waals surface area contributed by atoms with Crippen molar-refractivity contribution in [3.63, 3.8) is 0 Å². The number of aryl methyl sites for hydroxylation is 1. The Morgan fingerprint density at radius 1 is 1.33 bits per heavy atom. The van der Waals surface area contributed by atoms with Gasteiger partial charge in [0.2, 0.25) is 0 Å². The van der Waals surface area contributed by atoms with E-state index in [1.807, 2.05) is 32.9 Å². The third-order valence-electron chi connectivity index (χ3n) is 1.89. The zero-order chi connectivity index (χ0) is 11.3. The molecule has 82 valence electrons. The van der Waals surface area contributed by atoms with Gasteiger partial charge in [0, 0.05) is 0 Å². The lowest BCUT2D eigenvalue weighted by Crippen LogP contribution is -2.15. The molecule has 0 spiro atoms. The summed E-state index contributed by atoms with van der Waals surface area (Å²) >= 11 is 0. The van der Waals surface area contributed by atoms with Crippen molar-refractivity contribution >= 4 is 6.21 Å². The Hall–Kier alpha value is -1.31. The van der Waals surface area contributed by atoms with E-state index in [-0.39, 0.29) is 5.60 Å². The monoisotopic (exact) mass is 205 g/mol. The molecule has 0 aliphatic heterocycles. The SMILES string of the molecule is CCc1cccc(C=NOC(C)(C)C)c1. The van der Waals surface area contributed by atoms with E-state index in [1.165, 1.54) is 5.56 Å². The van der Waals surface area contributed by atoms with Crippen LogP contribution >= 0.6 is 0 Å². The fourth-order valence-electron chi connectivity index (χ4n) is 1.14. The van der Waals surface area contributed by atoms with Gasteiger partial charge in [-0.1, -0.05) is 36.3 Å². The number of hydrogen-bond acceptors (Lipinski definition) is 2. The summed E-state index contributed by atoms with van der Waals surface area (Å²) in [5.74, 6) is 0. The van der Waals surface area contributed by atoms with Gasteiger partial charge in [0.05, 0.1) is 6.21 Å². The van der Waals surface area contributed by atoms with E-state index in [2.05, 4.69) is 24.2 Å². The molecule has 0 saturated heterocycles. The van der Waals surface area contributed by atoms with Crippen molar-refractivity contribution in [1.29, 1.82) is 0 Å². The van der Waals surface area contributed by atoms with E-state index in [0.717, 1.165) is 12.0 Å². The van der Waals surface area contributed by atoms with Crippen LogP contribution in [0, 0.1) is 0 Å². The molecule has 1 aromatic rings. The number of hydrogen-bond donors (Lipinski definition) is 0. The molecule has 0 atom stereocenters.